The van der Waals surface area contributed by atoms with Crippen molar-refractivity contribution in [1.29, 1.82) is 0 Å². The lowest BCUT2D eigenvalue weighted by molar-refractivity contribution is 0.0959. The van der Waals surface area contributed by atoms with Gasteiger partial charge in [-0.15, -0.1) is 0 Å². The van der Waals surface area contributed by atoms with Crippen molar-refractivity contribution in [2.75, 3.05) is 13.7 Å². The lowest BCUT2D eigenvalue weighted by Gasteiger charge is -2.01. The zero-order valence-corrected chi connectivity index (χ0v) is 8.13. The van der Waals surface area contributed by atoms with Crippen molar-refractivity contribution in [2.45, 2.75) is 12.8 Å². The molecule has 0 spiro atoms. The molecule has 3 heteroatoms. The van der Waals surface area contributed by atoms with Gasteiger partial charge in [0.2, 0.25) is 0 Å². The summed E-state index contributed by atoms with van der Waals surface area (Å²) >= 11 is 0. The van der Waals surface area contributed by atoms with Gasteiger partial charge in [-0.3, -0.25) is 4.79 Å². The Morgan fingerprint density at radius 1 is 1.43 bits per heavy atom. The van der Waals surface area contributed by atoms with Crippen LogP contribution in [-0.4, -0.2) is 19.5 Å². The van der Waals surface area contributed by atoms with Crippen LogP contribution in [0.15, 0.2) is 24.3 Å². The molecule has 1 aromatic rings. The van der Waals surface area contributed by atoms with Gasteiger partial charge in [-0.2, -0.15) is 0 Å². The van der Waals surface area contributed by atoms with Crippen molar-refractivity contribution < 1.29 is 13.9 Å². The highest BCUT2D eigenvalue weighted by Gasteiger charge is 2.09. The van der Waals surface area contributed by atoms with E-state index in [1.807, 2.05) is 0 Å². The number of hydrogen-bond donors (Lipinski definition) is 0. The summed E-state index contributed by atoms with van der Waals surface area (Å²) < 4.78 is 17.9. The van der Waals surface area contributed by atoms with Crippen molar-refractivity contribution in [3.63, 3.8) is 0 Å². The molecule has 0 aliphatic rings. The van der Waals surface area contributed by atoms with Crippen molar-refractivity contribution in [3.8, 4) is 0 Å². The molecule has 0 N–H and O–H groups in total. The fourth-order valence-electron chi connectivity index (χ4n) is 1.20. The van der Waals surface area contributed by atoms with Crippen LogP contribution in [0.2, 0.25) is 0 Å². The summed E-state index contributed by atoms with van der Waals surface area (Å²) in [6, 6.07) is 6.03. The highest BCUT2D eigenvalue weighted by molar-refractivity contribution is 5.96. The summed E-state index contributed by atoms with van der Waals surface area (Å²) in [6.07, 6.45) is 0.957. The van der Waals surface area contributed by atoms with Gasteiger partial charge in [-0.1, -0.05) is 12.1 Å². The van der Waals surface area contributed by atoms with Crippen LogP contribution in [0.4, 0.5) is 4.39 Å². The summed E-state index contributed by atoms with van der Waals surface area (Å²) in [6.45, 7) is 0.528. The second-order valence-corrected chi connectivity index (χ2v) is 3.00. The van der Waals surface area contributed by atoms with Crippen molar-refractivity contribution in [2.24, 2.45) is 0 Å². The summed E-state index contributed by atoms with van der Waals surface area (Å²) in [7, 11) is 1.58. The van der Waals surface area contributed by atoms with E-state index < -0.39 is 5.82 Å². The molecule has 0 amide bonds. The lowest BCUT2D eigenvalue weighted by atomic mass is 10.1. The molecular weight excluding hydrogens is 183 g/mol. The molecule has 14 heavy (non-hydrogen) atoms. The first-order valence-corrected chi connectivity index (χ1v) is 4.52. The second-order valence-electron chi connectivity index (χ2n) is 3.00. The molecule has 0 bridgehead atoms. The normalized spacial score (nSPS) is 10.1. The molecule has 0 aromatic heterocycles. The van der Waals surface area contributed by atoms with Crippen LogP contribution in [0, 0.1) is 5.82 Å². The molecule has 0 aliphatic heterocycles. The van der Waals surface area contributed by atoms with Gasteiger partial charge < -0.3 is 4.74 Å². The lowest BCUT2D eigenvalue weighted by Crippen LogP contribution is -2.03. The maximum atomic E-state index is 13.1. The van der Waals surface area contributed by atoms with Crippen LogP contribution in [0.1, 0.15) is 23.2 Å². The van der Waals surface area contributed by atoms with E-state index in [0.717, 1.165) is 0 Å². The molecule has 76 valence electrons. The summed E-state index contributed by atoms with van der Waals surface area (Å²) in [5.74, 6) is -0.616. The van der Waals surface area contributed by atoms with Gasteiger partial charge in [0, 0.05) is 20.1 Å². The number of ketones is 1. The number of carbonyl (C=O) groups excluding carboxylic acids is 1. The molecule has 0 fully saturated rings. The van der Waals surface area contributed by atoms with Crippen LogP contribution in [0.3, 0.4) is 0 Å². The summed E-state index contributed by atoms with van der Waals surface area (Å²) in [4.78, 5) is 11.4. The van der Waals surface area contributed by atoms with Gasteiger partial charge in [0.1, 0.15) is 5.82 Å². The van der Waals surface area contributed by atoms with E-state index in [2.05, 4.69) is 0 Å². The van der Waals surface area contributed by atoms with E-state index >= 15 is 0 Å². The Bertz CT molecular complexity index is 310. The first kappa shape index (κ1) is 10.9. The molecule has 0 saturated carbocycles. The number of benzene rings is 1. The minimum Gasteiger partial charge on any atom is -0.385 e. The SMILES string of the molecule is COCCCC(=O)c1ccccc1F. The average molecular weight is 196 g/mol. The molecule has 0 unspecified atom stereocenters. The van der Waals surface area contributed by atoms with Gasteiger partial charge in [-0.25, -0.2) is 4.39 Å². The minimum atomic E-state index is -0.449. The zero-order valence-electron chi connectivity index (χ0n) is 8.13. The monoisotopic (exact) mass is 196 g/mol. The van der Waals surface area contributed by atoms with Crippen LogP contribution < -0.4 is 0 Å². The second kappa shape index (κ2) is 5.50. The fraction of sp³-hybridized carbons (Fsp3) is 0.364. The predicted octanol–water partition coefficient (Wildman–Crippen LogP) is 2.44. The first-order chi connectivity index (χ1) is 6.75. The number of ether oxygens (including phenoxy) is 1. The fourth-order valence-corrected chi connectivity index (χ4v) is 1.20. The molecule has 1 rings (SSSR count). The molecule has 1 aromatic carbocycles. The Morgan fingerprint density at radius 3 is 2.79 bits per heavy atom. The number of Topliss-reactive ketones (excluding diaryl/α,β-unsaturated/α-hetero) is 1. The molecule has 0 saturated heterocycles. The van der Waals surface area contributed by atoms with Gasteiger partial charge in [0.15, 0.2) is 5.78 Å². The average Bonchev–Trinajstić information content (AvgIpc) is 2.18. The van der Waals surface area contributed by atoms with Gasteiger partial charge >= 0.3 is 0 Å². The largest absolute Gasteiger partial charge is 0.385 e. The first-order valence-electron chi connectivity index (χ1n) is 4.52. The maximum absolute atomic E-state index is 13.1. The molecule has 0 aliphatic carbocycles. The summed E-state index contributed by atoms with van der Waals surface area (Å²) in [5.41, 5.74) is 0.170. The number of methoxy groups -OCH3 is 1. The standard InChI is InChI=1S/C11H13FO2/c1-14-8-4-7-11(13)9-5-2-3-6-10(9)12/h2-3,5-6H,4,7-8H2,1H3. The third-order valence-electron chi connectivity index (χ3n) is 1.93. The smallest absolute Gasteiger partial charge is 0.165 e. The molecule has 0 atom stereocenters. The van der Waals surface area contributed by atoms with E-state index in [4.69, 9.17) is 4.74 Å². The highest BCUT2D eigenvalue weighted by atomic mass is 19.1. The molecule has 0 heterocycles. The predicted molar refractivity (Wildman–Crippen MR) is 51.8 cm³/mol. The van der Waals surface area contributed by atoms with E-state index in [1.165, 1.54) is 12.1 Å². The van der Waals surface area contributed by atoms with Crippen LogP contribution in [0.5, 0.6) is 0 Å². The van der Waals surface area contributed by atoms with Crippen LogP contribution >= 0.6 is 0 Å². The molecule has 0 radical (unpaired) electrons. The number of hydrogen-bond acceptors (Lipinski definition) is 2. The number of halogens is 1. The van der Waals surface area contributed by atoms with E-state index in [0.29, 0.717) is 19.4 Å². The quantitative estimate of drug-likeness (QED) is 0.534. The van der Waals surface area contributed by atoms with Crippen molar-refractivity contribution in [1.82, 2.24) is 0 Å². The third kappa shape index (κ3) is 2.92. The highest BCUT2D eigenvalue weighted by Crippen LogP contribution is 2.10. The van der Waals surface area contributed by atoms with Crippen LogP contribution in [-0.2, 0) is 4.74 Å². The van der Waals surface area contributed by atoms with E-state index in [1.54, 1.807) is 19.2 Å². The van der Waals surface area contributed by atoms with E-state index in [9.17, 15) is 9.18 Å². The van der Waals surface area contributed by atoms with Crippen molar-refractivity contribution >= 4 is 5.78 Å². The number of carbonyl (C=O) groups is 1. The van der Waals surface area contributed by atoms with Crippen LogP contribution in [0.25, 0.3) is 0 Å². The minimum absolute atomic E-state index is 0.167. The summed E-state index contributed by atoms with van der Waals surface area (Å²) in [5, 5.41) is 0. The number of rotatable bonds is 5. The van der Waals surface area contributed by atoms with E-state index in [-0.39, 0.29) is 11.3 Å². The molecule has 2 nitrogen and oxygen atoms in total. The van der Waals surface area contributed by atoms with Gasteiger partial charge in [-0.05, 0) is 18.6 Å². The van der Waals surface area contributed by atoms with Gasteiger partial charge in [0.25, 0.3) is 0 Å². The molecular formula is C11H13FO2. The Balaban J connectivity index is 2.56. The Kier molecular flexibility index (Phi) is 4.26. The Labute approximate surface area is 82.7 Å². The van der Waals surface area contributed by atoms with Crippen molar-refractivity contribution in [3.05, 3.63) is 35.6 Å². The Hall–Kier alpha value is -1.22. The maximum Gasteiger partial charge on any atom is 0.165 e. The Morgan fingerprint density at radius 2 is 2.14 bits per heavy atom. The topological polar surface area (TPSA) is 26.3 Å². The van der Waals surface area contributed by atoms with Gasteiger partial charge in [0.05, 0.1) is 5.56 Å². The zero-order chi connectivity index (χ0) is 10.4. The third-order valence-corrected chi connectivity index (χ3v) is 1.93.